The zero-order valence-electron chi connectivity index (χ0n) is 10.7. The first-order chi connectivity index (χ1) is 8.97. The van der Waals surface area contributed by atoms with Gasteiger partial charge in [-0.25, -0.2) is 4.68 Å². The summed E-state index contributed by atoms with van der Waals surface area (Å²) < 4.78 is 2.62. The predicted octanol–water partition coefficient (Wildman–Crippen LogP) is 2.66. The topological polar surface area (TPSA) is 68.0 Å². The van der Waals surface area contributed by atoms with Gasteiger partial charge in [0.1, 0.15) is 0 Å². The molecular formula is C13H14BrN3O2. The molecule has 0 aliphatic rings. The van der Waals surface area contributed by atoms with Crippen LogP contribution in [0.5, 0.6) is 0 Å². The Morgan fingerprint density at radius 2 is 2.16 bits per heavy atom. The monoisotopic (exact) mass is 323 g/mol. The van der Waals surface area contributed by atoms with Gasteiger partial charge in [0.05, 0.1) is 24.0 Å². The van der Waals surface area contributed by atoms with Gasteiger partial charge in [-0.15, -0.1) is 5.10 Å². The van der Waals surface area contributed by atoms with Crippen molar-refractivity contribution in [2.75, 3.05) is 0 Å². The Labute approximate surface area is 119 Å². The van der Waals surface area contributed by atoms with E-state index in [0.717, 1.165) is 15.7 Å². The van der Waals surface area contributed by atoms with E-state index in [0.29, 0.717) is 12.1 Å². The molecular weight excluding hydrogens is 310 g/mol. The van der Waals surface area contributed by atoms with Crippen molar-refractivity contribution in [2.24, 2.45) is 0 Å². The van der Waals surface area contributed by atoms with Crippen molar-refractivity contribution < 1.29 is 9.90 Å². The standard InChI is InChI=1S/C13H14BrN3O2/c1-8-5-9(2)13(11(14)6-8)17-7-10(15-16-17)3-4-12(18)19/h5-7H,3-4H2,1-2H3,(H,18,19). The fraction of sp³-hybridized carbons (Fsp3) is 0.308. The van der Waals surface area contributed by atoms with Crippen LogP contribution in [0.1, 0.15) is 23.2 Å². The van der Waals surface area contributed by atoms with Gasteiger partial charge in [0.25, 0.3) is 0 Å². The Hall–Kier alpha value is -1.69. The van der Waals surface area contributed by atoms with E-state index in [9.17, 15) is 4.79 Å². The second-order valence-corrected chi connectivity index (χ2v) is 5.31. The van der Waals surface area contributed by atoms with Crippen molar-refractivity contribution in [2.45, 2.75) is 26.7 Å². The molecule has 6 heteroatoms. The summed E-state index contributed by atoms with van der Waals surface area (Å²) in [5.74, 6) is -0.831. The lowest BCUT2D eigenvalue weighted by atomic mass is 10.1. The third-order valence-corrected chi connectivity index (χ3v) is 3.37. The number of nitrogens with zero attached hydrogens (tertiary/aromatic N) is 3. The lowest BCUT2D eigenvalue weighted by Crippen LogP contribution is -2.00. The highest BCUT2D eigenvalue weighted by molar-refractivity contribution is 9.10. The van der Waals surface area contributed by atoms with E-state index >= 15 is 0 Å². The fourth-order valence-electron chi connectivity index (χ4n) is 1.96. The first-order valence-electron chi connectivity index (χ1n) is 5.87. The molecule has 0 spiro atoms. The molecule has 0 unspecified atom stereocenters. The van der Waals surface area contributed by atoms with Crippen LogP contribution in [0.15, 0.2) is 22.8 Å². The van der Waals surface area contributed by atoms with Crippen LogP contribution in [0.25, 0.3) is 5.69 Å². The van der Waals surface area contributed by atoms with E-state index < -0.39 is 5.97 Å². The molecule has 0 bridgehead atoms. The van der Waals surface area contributed by atoms with Crippen molar-refractivity contribution in [1.82, 2.24) is 15.0 Å². The predicted molar refractivity (Wildman–Crippen MR) is 74.5 cm³/mol. The fourth-order valence-corrected chi connectivity index (χ4v) is 2.81. The van der Waals surface area contributed by atoms with Gasteiger partial charge in [0.2, 0.25) is 0 Å². The van der Waals surface area contributed by atoms with Gasteiger partial charge in [-0.05, 0) is 47.0 Å². The molecule has 0 fully saturated rings. The zero-order valence-corrected chi connectivity index (χ0v) is 12.3. The summed E-state index contributed by atoms with van der Waals surface area (Å²) in [6.45, 7) is 4.03. The molecule has 0 amide bonds. The summed E-state index contributed by atoms with van der Waals surface area (Å²) in [6.07, 6.45) is 2.22. The van der Waals surface area contributed by atoms with Gasteiger partial charge in [-0.2, -0.15) is 0 Å². The van der Waals surface area contributed by atoms with Crippen molar-refractivity contribution in [3.8, 4) is 5.69 Å². The van der Waals surface area contributed by atoms with Crippen LogP contribution in [-0.2, 0) is 11.2 Å². The van der Waals surface area contributed by atoms with E-state index in [1.54, 1.807) is 10.9 Å². The Morgan fingerprint density at radius 1 is 1.42 bits per heavy atom. The molecule has 0 aliphatic carbocycles. The Morgan fingerprint density at radius 3 is 2.79 bits per heavy atom. The average molecular weight is 324 g/mol. The molecule has 0 saturated carbocycles. The van der Waals surface area contributed by atoms with Crippen molar-refractivity contribution in [1.29, 1.82) is 0 Å². The highest BCUT2D eigenvalue weighted by Crippen LogP contribution is 2.25. The first-order valence-corrected chi connectivity index (χ1v) is 6.67. The van der Waals surface area contributed by atoms with Crippen LogP contribution < -0.4 is 0 Å². The summed E-state index contributed by atoms with van der Waals surface area (Å²) >= 11 is 3.52. The van der Waals surface area contributed by atoms with Crippen LogP contribution in [0.4, 0.5) is 0 Å². The number of carbonyl (C=O) groups is 1. The molecule has 0 radical (unpaired) electrons. The highest BCUT2D eigenvalue weighted by atomic mass is 79.9. The van der Waals surface area contributed by atoms with Crippen LogP contribution in [0, 0.1) is 13.8 Å². The molecule has 0 atom stereocenters. The summed E-state index contributed by atoms with van der Waals surface area (Å²) in [5, 5.41) is 16.7. The average Bonchev–Trinajstić information content (AvgIpc) is 2.73. The zero-order chi connectivity index (χ0) is 14.0. The van der Waals surface area contributed by atoms with Gasteiger partial charge >= 0.3 is 5.97 Å². The lowest BCUT2D eigenvalue weighted by molar-refractivity contribution is -0.136. The molecule has 2 rings (SSSR count). The third kappa shape index (κ3) is 3.20. The number of aromatic nitrogens is 3. The number of rotatable bonds is 4. The molecule has 19 heavy (non-hydrogen) atoms. The second kappa shape index (κ2) is 5.52. The largest absolute Gasteiger partial charge is 0.481 e. The smallest absolute Gasteiger partial charge is 0.303 e. The van der Waals surface area contributed by atoms with E-state index in [1.165, 1.54) is 5.56 Å². The minimum Gasteiger partial charge on any atom is -0.481 e. The number of halogens is 1. The summed E-state index contributed by atoms with van der Waals surface area (Å²) in [5.41, 5.74) is 3.86. The summed E-state index contributed by atoms with van der Waals surface area (Å²) in [4.78, 5) is 10.5. The Balaban J connectivity index is 2.30. The first kappa shape index (κ1) is 13.7. The van der Waals surface area contributed by atoms with Crippen LogP contribution >= 0.6 is 15.9 Å². The molecule has 1 N–H and O–H groups in total. The number of hydrogen-bond acceptors (Lipinski definition) is 3. The van der Waals surface area contributed by atoms with Crippen molar-refractivity contribution >= 4 is 21.9 Å². The number of carboxylic acid groups (broad SMARTS) is 1. The quantitative estimate of drug-likeness (QED) is 0.939. The lowest BCUT2D eigenvalue weighted by Gasteiger charge is -2.08. The third-order valence-electron chi connectivity index (χ3n) is 2.76. The second-order valence-electron chi connectivity index (χ2n) is 4.46. The minimum atomic E-state index is -0.831. The maximum Gasteiger partial charge on any atom is 0.303 e. The molecule has 5 nitrogen and oxygen atoms in total. The molecule has 1 aromatic carbocycles. The van der Waals surface area contributed by atoms with Gasteiger partial charge in [0.15, 0.2) is 0 Å². The number of hydrogen-bond donors (Lipinski definition) is 1. The Bertz CT molecular complexity index is 599. The summed E-state index contributed by atoms with van der Waals surface area (Å²) in [6, 6.07) is 4.08. The maximum absolute atomic E-state index is 10.5. The number of benzene rings is 1. The molecule has 0 saturated heterocycles. The van der Waals surface area contributed by atoms with Crippen LogP contribution in [-0.4, -0.2) is 26.1 Å². The van der Waals surface area contributed by atoms with E-state index in [4.69, 9.17) is 5.11 Å². The molecule has 2 aromatic rings. The molecule has 1 heterocycles. The van der Waals surface area contributed by atoms with Gasteiger partial charge < -0.3 is 5.11 Å². The minimum absolute atomic E-state index is 0.0622. The van der Waals surface area contributed by atoms with Gasteiger partial charge in [0, 0.05) is 10.9 Å². The normalized spacial score (nSPS) is 10.7. The molecule has 100 valence electrons. The number of aliphatic carboxylic acids is 1. The van der Waals surface area contributed by atoms with E-state index in [1.807, 2.05) is 19.9 Å². The van der Waals surface area contributed by atoms with E-state index in [-0.39, 0.29) is 6.42 Å². The van der Waals surface area contributed by atoms with E-state index in [2.05, 4.69) is 32.3 Å². The molecule has 0 aliphatic heterocycles. The van der Waals surface area contributed by atoms with Crippen molar-refractivity contribution in [3.63, 3.8) is 0 Å². The Kier molecular flexibility index (Phi) is 3.99. The number of carboxylic acids is 1. The highest BCUT2D eigenvalue weighted by Gasteiger charge is 2.10. The SMILES string of the molecule is Cc1cc(C)c(-n2cc(CCC(=O)O)nn2)c(Br)c1. The number of aryl methyl sites for hydroxylation is 3. The van der Waals surface area contributed by atoms with Crippen LogP contribution in [0.2, 0.25) is 0 Å². The van der Waals surface area contributed by atoms with Gasteiger partial charge in [-0.3, -0.25) is 4.79 Å². The van der Waals surface area contributed by atoms with Gasteiger partial charge in [-0.1, -0.05) is 11.3 Å². The van der Waals surface area contributed by atoms with Crippen LogP contribution in [0.3, 0.4) is 0 Å². The summed E-state index contributed by atoms with van der Waals surface area (Å²) in [7, 11) is 0. The van der Waals surface area contributed by atoms with Crippen molar-refractivity contribution in [3.05, 3.63) is 39.6 Å². The maximum atomic E-state index is 10.5. The molecule has 1 aromatic heterocycles.